The third-order valence-electron chi connectivity index (χ3n) is 4.84. The molecule has 1 unspecified atom stereocenters. The molecule has 0 aliphatic heterocycles. The van der Waals surface area contributed by atoms with Crippen molar-refractivity contribution < 1.29 is 17.9 Å². The smallest absolute Gasteiger partial charge is 0.367 e. The van der Waals surface area contributed by atoms with Crippen molar-refractivity contribution >= 4 is 10.8 Å². The number of hydrogen-bond donors (Lipinski definition) is 0. The van der Waals surface area contributed by atoms with E-state index in [9.17, 15) is 13.2 Å². The molecule has 4 aromatic rings. The predicted octanol–water partition coefficient (Wildman–Crippen LogP) is 6.01. The summed E-state index contributed by atoms with van der Waals surface area (Å²) < 4.78 is 46.4. The lowest BCUT2D eigenvalue weighted by Gasteiger charge is -2.21. The number of ether oxygens (including phenoxy) is 1. The van der Waals surface area contributed by atoms with Crippen LogP contribution < -0.4 is 0 Å². The van der Waals surface area contributed by atoms with Gasteiger partial charge in [0.1, 0.15) is 6.10 Å². The molecule has 3 aromatic carbocycles. The van der Waals surface area contributed by atoms with E-state index in [4.69, 9.17) is 4.74 Å². The quantitative estimate of drug-likeness (QED) is 0.399. The molecule has 3 nitrogen and oxygen atoms in total. The fourth-order valence-electron chi connectivity index (χ4n) is 3.35. The van der Waals surface area contributed by atoms with E-state index in [1.165, 1.54) is 12.1 Å². The SMILES string of the molecule is FC(F)(F)c1ccc(COC(Cn2ccnc2)c2cccc3ccccc23)cc1. The van der Waals surface area contributed by atoms with Gasteiger partial charge in [0, 0.05) is 12.4 Å². The van der Waals surface area contributed by atoms with Crippen LogP contribution in [0.25, 0.3) is 10.8 Å². The molecule has 0 bridgehead atoms. The molecule has 0 aliphatic carbocycles. The minimum Gasteiger partial charge on any atom is -0.367 e. The first kappa shape index (κ1) is 19.2. The van der Waals surface area contributed by atoms with Gasteiger partial charge in [-0.15, -0.1) is 0 Å². The Morgan fingerprint density at radius 2 is 1.69 bits per heavy atom. The zero-order chi connectivity index (χ0) is 20.3. The van der Waals surface area contributed by atoms with Crippen LogP contribution in [-0.2, 0) is 24.1 Å². The molecule has 0 aliphatic rings. The molecule has 0 fully saturated rings. The minimum absolute atomic E-state index is 0.209. The lowest BCUT2D eigenvalue weighted by Crippen LogP contribution is -2.12. The maximum absolute atomic E-state index is 12.8. The van der Waals surface area contributed by atoms with Crippen molar-refractivity contribution in [2.24, 2.45) is 0 Å². The summed E-state index contributed by atoms with van der Waals surface area (Å²) in [6.45, 7) is 0.759. The number of hydrogen-bond acceptors (Lipinski definition) is 2. The number of nitrogens with zero attached hydrogens (tertiary/aromatic N) is 2. The average Bonchev–Trinajstić information content (AvgIpc) is 3.23. The van der Waals surface area contributed by atoms with Crippen molar-refractivity contribution in [1.29, 1.82) is 0 Å². The van der Waals surface area contributed by atoms with Gasteiger partial charge in [-0.3, -0.25) is 0 Å². The van der Waals surface area contributed by atoms with Gasteiger partial charge in [0.2, 0.25) is 0 Å². The normalized spacial score (nSPS) is 12.9. The number of fused-ring (bicyclic) bond motifs is 1. The molecule has 0 radical (unpaired) electrons. The fourth-order valence-corrected chi connectivity index (χ4v) is 3.35. The first-order valence-corrected chi connectivity index (χ1v) is 9.22. The van der Waals surface area contributed by atoms with Crippen LogP contribution in [0.1, 0.15) is 22.8 Å². The molecule has 148 valence electrons. The Kier molecular flexibility index (Phi) is 5.36. The molecule has 0 saturated heterocycles. The largest absolute Gasteiger partial charge is 0.416 e. The first-order valence-electron chi connectivity index (χ1n) is 9.22. The summed E-state index contributed by atoms with van der Waals surface area (Å²) in [5.74, 6) is 0. The van der Waals surface area contributed by atoms with Crippen molar-refractivity contribution in [3.63, 3.8) is 0 Å². The Hall–Kier alpha value is -3.12. The molecule has 6 heteroatoms. The van der Waals surface area contributed by atoms with Gasteiger partial charge >= 0.3 is 6.18 Å². The van der Waals surface area contributed by atoms with Crippen LogP contribution in [0.5, 0.6) is 0 Å². The van der Waals surface area contributed by atoms with Gasteiger partial charge < -0.3 is 9.30 Å². The number of halogens is 3. The number of benzene rings is 3. The summed E-state index contributed by atoms with van der Waals surface area (Å²) in [4.78, 5) is 4.08. The van der Waals surface area contributed by atoms with E-state index in [-0.39, 0.29) is 12.7 Å². The van der Waals surface area contributed by atoms with E-state index in [0.717, 1.165) is 28.5 Å². The van der Waals surface area contributed by atoms with E-state index in [1.54, 1.807) is 12.5 Å². The molecule has 0 N–H and O–H groups in total. The van der Waals surface area contributed by atoms with Gasteiger partial charge in [-0.25, -0.2) is 4.98 Å². The molecular formula is C23H19F3N2O. The Balaban J connectivity index is 1.59. The Morgan fingerprint density at radius 1 is 0.931 bits per heavy atom. The van der Waals surface area contributed by atoms with Crippen LogP contribution in [0.3, 0.4) is 0 Å². The predicted molar refractivity (Wildman–Crippen MR) is 105 cm³/mol. The molecular weight excluding hydrogens is 377 g/mol. The van der Waals surface area contributed by atoms with Crippen molar-refractivity contribution in [3.05, 3.63) is 102 Å². The second-order valence-electron chi connectivity index (χ2n) is 6.82. The summed E-state index contributed by atoms with van der Waals surface area (Å²) >= 11 is 0. The standard InChI is InChI=1S/C23H19F3N2O/c24-23(25,26)19-10-8-17(9-11-19)15-29-22(14-28-13-12-27-16-28)21-7-3-5-18-4-1-2-6-20(18)21/h1-13,16,22H,14-15H2. The molecule has 0 amide bonds. The lowest BCUT2D eigenvalue weighted by molar-refractivity contribution is -0.137. The molecule has 1 aromatic heterocycles. The third-order valence-corrected chi connectivity index (χ3v) is 4.84. The van der Waals surface area contributed by atoms with Gasteiger partial charge in [0.25, 0.3) is 0 Å². The van der Waals surface area contributed by atoms with Gasteiger partial charge in [0.15, 0.2) is 0 Å². The molecule has 0 saturated carbocycles. The van der Waals surface area contributed by atoms with Gasteiger partial charge in [0.05, 0.1) is 25.0 Å². The summed E-state index contributed by atoms with van der Waals surface area (Å²) in [6, 6.07) is 19.2. The van der Waals surface area contributed by atoms with Gasteiger partial charge in [-0.05, 0) is 34.0 Å². The summed E-state index contributed by atoms with van der Waals surface area (Å²) in [5, 5.41) is 2.20. The fraction of sp³-hybridized carbons (Fsp3) is 0.174. The summed E-state index contributed by atoms with van der Waals surface area (Å²) in [6.07, 6.45) is 0.666. The van der Waals surface area contributed by atoms with Crippen LogP contribution in [-0.4, -0.2) is 9.55 Å². The highest BCUT2D eigenvalue weighted by molar-refractivity contribution is 5.85. The lowest BCUT2D eigenvalue weighted by atomic mass is 10.00. The number of alkyl halides is 3. The van der Waals surface area contributed by atoms with Gasteiger partial charge in [-0.2, -0.15) is 13.2 Å². The Morgan fingerprint density at radius 3 is 2.41 bits per heavy atom. The van der Waals surface area contributed by atoms with Crippen LogP contribution in [0.4, 0.5) is 13.2 Å². The van der Waals surface area contributed by atoms with E-state index in [2.05, 4.69) is 4.98 Å². The molecule has 4 rings (SSSR count). The average molecular weight is 396 g/mol. The van der Waals surface area contributed by atoms with E-state index in [1.807, 2.05) is 53.2 Å². The second kappa shape index (κ2) is 8.09. The van der Waals surface area contributed by atoms with E-state index < -0.39 is 11.7 Å². The van der Waals surface area contributed by atoms with Crippen molar-refractivity contribution in [1.82, 2.24) is 9.55 Å². The molecule has 1 heterocycles. The zero-order valence-electron chi connectivity index (χ0n) is 15.5. The molecule has 0 spiro atoms. The zero-order valence-corrected chi connectivity index (χ0v) is 15.5. The number of aromatic nitrogens is 2. The van der Waals surface area contributed by atoms with Crippen molar-refractivity contribution in [2.45, 2.75) is 25.4 Å². The maximum Gasteiger partial charge on any atom is 0.416 e. The summed E-state index contributed by atoms with van der Waals surface area (Å²) in [7, 11) is 0. The van der Waals surface area contributed by atoms with E-state index in [0.29, 0.717) is 12.1 Å². The summed E-state index contributed by atoms with van der Waals surface area (Å²) in [5.41, 5.74) is 1.06. The second-order valence-corrected chi connectivity index (χ2v) is 6.82. The highest BCUT2D eigenvalue weighted by Gasteiger charge is 2.30. The van der Waals surface area contributed by atoms with Crippen LogP contribution >= 0.6 is 0 Å². The van der Waals surface area contributed by atoms with Crippen LogP contribution in [0.15, 0.2) is 85.5 Å². The Bertz CT molecular complexity index is 1070. The van der Waals surface area contributed by atoms with Crippen LogP contribution in [0, 0.1) is 0 Å². The van der Waals surface area contributed by atoms with E-state index >= 15 is 0 Å². The minimum atomic E-state index is -4.34. The van der Waals surface area contributed by atoms with Crippen molar-refractivity contribution in [3.8, 4) is 0 Å². The highest BCUT2D eigenvalue weighted by Crippen LogP contribution is 2.31. The van der Waals surface area contributed by atoms with Crippen molar-refractivity contribution in [2.75, 3.05) is 0 Å². The topological polar surface area (TPSA) is 27.1 Å². The number of imidazole rings is 1. The van der Waals surface area contributed by atoms with Crippen LogP contribution in [0.2, 0.25) is 0 Å². The third kappa shape index (κ3) is 4.49. The highest BCUT2D eigenvalue weighted by atomic mass is 19.4. The number of rotatable bonds is 6. The molecule has 29 heavy (non-hydrogen) atoms. The Labute approximate surface area is 166 Å². The monoisotopic (exact) mass is 396 g/mol. The molecule has 1 atom stereocenters. The first-order chi connectivity index (χ1) is 14.0. The van der Waals surface area contributed by atoms with Gasteiger partial charge in [-0.1, -0.05) is 54.6 Å². The maximum atomic E-state index is 12.8.